The molecule has 0 fully saturated rings. The zero-order valence-corrected chi connectivity index (χ0v) is 11.8. The molecule has 2 rings (SSSR count). The Morgan fingerprint density at radius 1 is 1.35 bits per heavy atom. The van der Waals surface area contributed by atoms with Crippen molar-refractivity contribution in [2.24, 2.45) is 7.05 Å². The molecule has 0 spiro atoms. The van der Waals surface area contributed by atoms with Crippen molar-refractivity contribution in [2.45, 2.75) is 20.4 Å². The number of aromatic nitrogens is 4. The zero-order valence-electron chi connectivity index (χ0n) is 11.8. The summed E-state index contributed by atoms with van der Waals surface area (Å²) in [5.41, 5.74) is 2.31. The van der Waals surface area contributed by atoms with Crippen LogP contribution in [0.25, 0.3) is 0 Å². The van der Waals surface area contributed by atoms with E-state index >= 15 is 0 Å². The van der Waals surface area contributed by atoms with Gasteiger partial charge >= 0.3 is 0 Å². The summed E-state index contributed by atoms with van der Waals surface area (Å²) >= 11 is 0. The van der Waals surface area contributed by atoms with Crippen LogP contribution >= 0.6 is 0 Å². The number of rotatable bonds is 5. The number of aryl methyl sites for hydroxylation is 1. The Labute approximate surface area is 117 Å². The van der Waals surface area contributed by atoms with E-state index in [0.29, 0.717) is 18.1 Å². The molecule has 0 saturated heterocycles. The molecule has 0 aromatic carbocycles. The highest BCUT2D eigenvalue weighted by Crippen LogP contribution is 2.06. The van der Waals surface area contributed by atoms with Crippen molar-refractivity contribution in [2.75, 3.05) is 11.9 Å². The first-order valence-corrected chi connectivity index (χ1v) is 6.43. The van der Waals surface area contributed by atoms with E-state index < -0.39 is 0 Å². The molecule has 2 aromatic rings. The molecule has 7 nitrogen and oxygen atoms in total. The lowest BCUT2D eigenvalue weighted by atomic mass is 10.2. The first-order chi connectivity index (χ1) is 9.61. The molecule has 0 aliphatic heterocycles. The second-order valence-corrected chi connectivity index (χ2v) is 4.38. The molecule has 2 aromatic heterocycles. The van der Waals surface area contributed by atoms with Gasteiger partial charge in [-0.15, -0.1) is 0 Å². The van der Waals surface area contributed by atoms with E-state index in [1.807, 2.05) is 20.9 Å². The summed E-state index contributed by atoms with van der Waals surface area (Å²) in [6.07, 6.45) is 4.79. The summed E-state index contributed by atoms with van der Waals surface area (Å²) in [5, 5.41) is 9.97. The second kappa shape index (κ2) is 6.14. The van der Waals surface area contributed by atoms with Gasteiger partial charge in [0.15, 0.2) is 0 Å². The highest BCUT2D eigenvalue weighted by atomic mass is 16.1. The standard InChI is InChI=1S/C13H18N6O/c1-4-15-12-8-14-7-11(18-12)13(20)16-5-10-6-17-19(3)9(10)2/h6-8H,4-5H2,1-3H3,(H,15,18)(H,16,20). The topological polar surface area (TPSA) is 84.7 Å². The van der Waals surface area contributed by atoms with Gasteiger partial charge in [-0.3, -0.25) is 14.5 Å². The van der Waals surface area contributed by atoms with Gasteiger partial charge in [-0.25, -0.2) is 4.98 Å². The third kappa shape index (κ3) is 3.11. The summed E-state index contributed by atoms with van der Waals surface area (Å²) in [6.45, 7) is 5.07. The van der Waals surface area contributed by atoms with Crippen molar-refractivity contribution >= 4 is 11.7 Å². The van der Waals surface area contributed by atoms with E-state index in [4.69, 9.17) is 0 Å². The molecular formula is C13H18N6O. The predicted molar refractivity (Wildman–Crippen MR) is 75.3 cm³/mol. The molecule has 0 atom stereocenters. The molecule has 7 heteroatoms. The van der Waals surface area contributed by atoms with Crippen LogP contribution in [0.5, 0.6) is 0 Å². The van der Waals surface area contributed by atoms with Crippen LogP contribution in [0, 0.1) is 6.92 Å². The molecule has 1 amide bonds. The van der Waals surface area contributed by atoms with Crippen molar-refractivity contribution in [3.8, 4) is 0 Å². The van der Waals surface area contributed by atoms with Gasteiger partial charge in [0.1, 0.15) is 11.5 Å². The minimum absolute atomic E-state index is 0.250. The Morgan fingerprint density at radius 3 is 2.80 bits per heavy atom. The van der Waals surface area contributed by atoms with Gasteiger partial charge in [0.25, 0.3) is 5.91 Å². The van der Waals surface area contributed by atoms with E-state index in [-0.39, 0.29) is 5.91 Å². The van der Waals surface area contributed by atoms with Crippen LogP contribution in [-0.4, -0.2) is 32.2 Å². The number of carbonyl (C=O) groups is 1. The van der Waals surface area contributed by atoms with Crippen molar-refractivity contribution in [3.63, 3.8) is 0 Å². The third-order valence-electron chi connectivity index (χ3n) is 3.00. The lowest BCUT2D eigenvalue weighted by Crippen LogP contribution is -2.24. The number of nitrogens with zero attached hydrogens (tertiary/aromatic N) is 4. The molecule has 20 heavy (non-hydrogen) atoms. The molecule has 106 valence electrons. The molecule has 2 N–H and O–H groups in total. The van der Waals surface area contributed by atoms with Crippen LogP contribution in [0.4, 0.5) is 5.82 Å². The summed E-state index contributed by atoms with van der Waals surface area (Å²) in [7, 11) is 1.87. The van der Waals surface area contributed by atoms with Crippen LogP contribution in [-0.2, 0) is 13.6 Å². The van der Waals surface area contributed by atoms with Gasteiger partial charge < -0.3 is 10.6 Å². The van der Waals surface area contributed by atoms with Crippen molar-refractivity contribution < 1.29 is 4.79 Å². The van der Waals surface area contributed by atoms with Gasteiger partial charge in [-0.2, -0.15) is 5.10 Å². The van der Waals surface area contributed by atoms with Crippen LogP contribution in [0.1, 0.15) is 28.7 Å². The molecule has 0 bridgehead atoms. The maximum absolute atomic E-state index is 12.0. The predicted octanol–water partition coefficient (Wildman–Crippen LogP) is 0.880. The van der Waals surface area contributed by atoms with Crippen molar-refractivity contribution in [3.05, 3.63) is 35.5 Å². The van der Waals surface area contributed by atoms with Gasteiger partial charge in [0.2, 0.25) is 0 Å². The smallest absolute Gasteiger partial charge is 0.271 e. The van der Waals surface area contributed by atoms with Crippen LogP contribution in [0.15, 0.2) is 18.6 Å². The van der Waals surface area contributed by atoms with Gasteiger partial charge in [-0.05, 0) is 13.8 Å². The Hall–Kier alpha value is -2.44. The highest BCUT2D eigenvalue weighted by molar-refractivity contribution is 5.92. The first kappa shape index (κ1) is 14.0. The fraction of sp³-hybridized carbons (Fsp3) is 0.385. The van der Waals surface area contributed by atoms with E-state index in [0.717, 1.165) is 17.8 Å². The van der Waals surface area contributed by atoms with Gasteiger partial charge in [0, 0.05) is 31.4 Å². The van der Waals surface area contributed by atoms with E-state index in [9.17, 15) is 4.79 Å². The average molecular weight is 274 g/mol. The van der Waals surface area contributed by atoms with Crippen molar-refractivity contribution in [1.29, 1.82) is 0 Å². The number of anilines is 1. The Kier molecular flexibility index (Phi) is 4.29. The largest absolute Gasteiger partial charge is 0.369 e. The minimum Gasteiger partial charge on any atom is -0.369 e. The summed E-state index contributed by atoms with van der Waals surface area (Å²) in [6, 6.07) is 0. The molecule has 0 unspecified atom stereocenters. The van der Waals surface area contributed by atoms with E-state index in [1.165, 1.54) is 6.20 Å². The molecule has 0 aliphatic rings. The number of hydrogen-bond acceptors (Lipinski definition) is 5. The maximum Gasteiger partial charge on any atom is 0.271 e. The monoisotopic (exact) mass is 274 g/mol. The van der Waals surface area contributed by atoms with Gasteiger partial charge in [-0.1, -0.05) is 0 Å². The normalized spacial score (nSPS) is 10.3. The lowest BCUT2D eigenvalue weighted by molar-refractivity contribution is 0.0945. The van der Waals surface area contributed by atoms with Crippen LogP contribution < -0.4 is 10.6 Å². The van der Waals surface area contributed by atoms with Crippen LogP contribution in [0.3, 0.4) is 0 Å². The fourth-order valence-electron chi connectivity index (χ4n) is 1.73. The Bertz CT molecular complexity index is 607. The second-order valence-electron chi connectivity index (χ2n) is 4.38. The molecule has 0 aliphatic carbocycles. The number of nitrogens with one attached hydrogen (secondary N) is 2. The van der Waals surface area contributed by atoms with E-state index in [2.05, 4.69) is 25.7 Å². The Morgan fingerprint density at radius 2 is 2.15 bits per heavy atom. The van der Waals surface area contributed by atoms with E-state index in [1.54, 1.807) is 17.1 Å². The number of hydrogen-bond donors (Lipinski definition) is 2. The zero-order chi connectivity index (χ0) is 14.5. The van der Waals surface area contributed by atoms with Crippen molar-refractivity contribution in [1.82, 2.24) is 25.1 Å². The maximum atomic E-state index is 12.0. The molecular weight excluding hydrogens is 256 g/mol. The Balaban J connectivity index is 2.01. The first-order valence-electron chi connectivity index (χ1n) is 6.43. The molecule has 0 radical (unpaired) electrons. The van der Waals surface area contributed by atoms with Gasteiger partial charge in [0.05, 0.1) is 18.6 Å². The number of amides is 1. The van der Waals surface area contributed by atoms with Crippen LogP contribution in [0.2, 0.25) is 0 Å². The summed E-state index contributed by atoms with van der Waals surface area (Å²) < 4.78 is 1.77. The SMILES string of the molecule is CCNc1cncc(C(=O)NCc2cnn(C)c2C)n1. The summed E-state index contributed by atoms with van der Waals surface area (Å²) in [5.74, 6) is 0.346. The number of carbonyl (C=O) groups excluding carboxylic acids is 1. The quantitative estimate of drug-likeness (QED) is 0.845. The lowest BCUT2D eigenvalue weighted by Gasteiger charge is -2.06. The third-order valence-corrected chi connectivity index (χ3v) is 3.00. The minimum atomic E-state index is -0.250. The molecule has 2 heterocycles. The highest BCUT2D eigenvalue weighted by Gasteiger charge is 2.10. The average Bonchev–Trinajstić information content (AvgIpc) is 2.77. The molecule has 0 saturated carbocycles. The summed E-state index contributed by atoms with van der Waals surface area (Å²) in [4.78, 5) is 20.2. The fourth-order valence-corrected chi connectivity index (χ4v) is 1.73.